The van der Waals surface area contributed by atoms with E-state index in [0.29, 0.717) is 11.3 Å². The summed E-state index contributed by atoms with van der Waals surface area (Å²) >= 11 is 0. The van der Waals surface area contributed by atoms with Crippen LogP contribution in [0.4, 0.5) is 4.79 Å². The summed E-state index contributed by atoms with van der Waals surface area (Å²) in [4.78, 5) is 27.4. The molecule has 21 heavy (non-hydrogen) atoms. The number of urea groups is 1. The van der Waals surface area contributed by atoms with Gasteiger partial charge in [0.15, 0.2) is 0 Å². The zero-order chi connectivity index (χ0) is 15.2. The zero-order valence-corrected chi connectivity index (χ0v) is 11.8. The fraction of sp³-hybridized carbons (Fsp3) is 0.133. The predicted octanol–water partition coefficient (Wildman–Crippen LogP) is 1.63. The number of pyridine rings is 1. The Balaban J connectivity index is 2.16. The van der Waals surface area contributed by atoms with Gasteiger partial charge in [-0.3, -0.25) is 15.2 Å². The van der Waals surface area contributed by atoms with Gasteiger partial charge in [0, 0.05) is 12.6 Å². The maximum absolute atomic E-state index is 11.9. The monoisotopic (exact) mass is 284 g/mol. The van der Waals surface area contributed by atoms with Crippen LogP contribution in [-0.2, 0) is 0 Å². The van der Waals surface area contributed by atoms with Crippen LogP contribution >= 0.6 is 0 Å². The number of benzene rings is 1. The van der Waals surface area contributed by atoms with Gasteiger partial charge in [-0.25, -0.2) is 10.2 Å². The Kier molecular flexibility index (Phi) is 4.50. The van der Waals surface area contributed by atoms with Gasteiger partial charge in [0.05, 0.1) is 17.0 Å². The quantitative estimate of drug-likeness (QED) is 0.733. The number of rotatable bonds is 2. The lowest BCUT2D eigenvalue weighted by Gasteiger charge is -2.09. The smallest absolute Gasteiger partial charge is 0.333 e. The fourth-order valence-electron chi connectivity index (χ4n) is 1.81. The van der Waals surface area contributed by atoms with Crippen LogP contribution in [0, 0.1) is 6.92 Å². The molecular formula is C15H16N4O2. The lowest BCUT2D eigenvalue weighted by molar-refractivity contribution is 0.0935. The topological polar surface area (TPSA) is 83.1 Å². The van der Waals surface area contributed by atoms with E-state index in [1.165, 1.54) is 7.05 Å². The van der Waals surface area contributed by atoms with Crippen molar-refractivity contribution in [2.24, 2.45) is 0 Å². The van der Waals surface area contributed by atoms with Crippen molar-refractivity contribution < 1.29 is 9.59 Å². The van der Waals surface area contributed by atoms with Gasteiger partial charge in [-0.05, 0) is 19.1 Å². The van der Waals surface area contributed by atoms with Crippen molar-refractivity contribution in [3.8, 4) is 11.3 Å². The molecule has 0 aliphatic rings. The fourth-order valence-corrected chi connectivity index (χ4v) is 1.81. The molecule has 0 saturated carbocycles. The molecule has 0 aliphatic carbocycles. The molecule has 0 unspecified atom stereocenters. The first-order valence-corrected chi connectivity index (χ1v) is 6.43. The first kappa shape index (κ1) is 14.5. The molecule has 0 atom stereocenters. The summed E-state index contributed by atoms with van der Waals surface area (Å²) in [5.74, 6) is -0.414. The maximum atomic E-state index is 11.9. The number of amides is 3. The summed E-state index contributed by atoms with van der Waals surface area (Å²) in [7, 11) is 1.46. The van der Waals surface area contributed by atoms with E-state index in [-0.39, 0.29) is 0 Å². The second-order valence-corrected chi connectivity index (χ2v) is 4.35. The second-order valence-electron chi connectivity index (χ2n) is 4.35. The molecule has 0 bridgehead atoms. The summed E-state index contributed by atoms with van der Waals surface area (Å²) in [6.07, 6.45) is 0. The Bertz CT molecular complexity index is 656. The SMILES string of the molecule is CNC(=O)NNC(=O)c1ccc(-c2ccccc2)nc1C. The number of carbonyl (C=O) groups is 2. The van der Waals surface area contributed by atoms with Crippen molar-refractivity contribution in [3.05, 3.63) is 53.7 Å². The average Bonchev–Trinajstić information content (AvgIpc) is 2.53. The zero-order valence-electron chi connectivity index (χ0n) is 11.8. The highest BCUT2D eigenvalue weighted by atomic mass is 16.2. The first-order chi connectivity index (χ1) is 10.1. The standard InChI is InChI=1S/C15H16N4O2/c1-10-12(14(20)18-19-15(21)16-2)8-9-13(17-10)11-6-4-3-5-7-11/h3-9H,1-2H3,(H,18,20)(H2,16,19,21). The van der Waals surface area contributed by atoms with Crippen LogP contribution in [0.5, 0.6) is 0 Å². The highest BCUT2D eigenvalue weighted by molar-refractivity contribution is 5.96. The highest BCUT2D eigenvalue weighted by Crippen LogP contribution is 2.18. The predicted molar refractivity (Wildman–Crippen MR) is 79.5 cm³/mol. The number of hydrogen-bond donors (Lipinski definition) is 3. The molecular weight excluding hydrogens is 268 g/mol. The lowest BCUT2D eigenvalue weighted by atomic mass is 10.1. The number of aromatic nitrogens is 1. The summed E-state index contributed by atoms with van der Waals surface area (Å²) in [5.41, 5.74) is 7.31. The van der Waals surface area contributed by atoms with E-state index in [1.807, 2.05) is 30.3 Å². The van der Waals surface area contributed by atoms with Crippen molar-refractivity contribution in [3.63, 3.8) is 0 Å². The Labute approximate surface area is 122 Å². The third-order valence-corrected chi connectivity index (χ3v) is 2.92. The van der Waals surface area contributed by atoms with Gasteiger partial charge >= 0.3 is 6.03 Å². The van der Waals surface area contributed by atoms with Gasteiger partial charge in [-0.2, -0.15) is 0 Å². The van der Waals surface area contributed by atoms with Crippen molar-refractivity contribution in [2.45, 2.75) is 6.92 Å². The van der Waals surface area contributed by atoms with Crippen LogP contribution in [-0.4, -0.2) is 24.0 Å². The minimum Gasteiger partial charge on any atom is -0.340 e. The van der Waals surface area contributed by atoms with E-state index < -0.39 is 11.9 Å². The minimum absolute atomic E-state index is 0.408. The molecule has 0 radical (unpaired) electrons. The summed E-state index contributed by atoms with van der Waals surface area (Å²) in [6, 6.07) is 12.7. The Morgan fingerprint density at radius 2 is 1.71 bits per heavy atom. The van der Waals surface area contributed by atoms with Crippen LogP contribution in [0.2, 0.25) is 0 Å². The molecule has 0 aliphatic heterocycles. The number of hydrazine groups is 1. The number of carbonyl (C=O) groups excluding carboxylic acids is 2. The number of nitrogens with zero attached hydrogens (tertiary/aromatic N) is 1. The molecule has 1 aromatic heterocycles. The molecule has 3 amide bonds. The van der Waals surface area contributed by atoms with Crippen molar-refractivity contribution >= 4 is 11.9 Å². The van der Waals surface area contributed by atoms with Crippen LogP contribution in [0.15, 0.2) is 42.5 Å². The van der Waals surface area contributed by atoms with E-state index in [9.17, 15) is 9.59 Å². The Hall–Kier alpha value is -2.89. The van der Waals surface area contributed by atoms with Crippen LogP contribution < -0.4 is 16.2 Å². The lowest BCUT2D eigenvalue weighted by Crippen LogP contribution is -2.46. The molecule has 6 nitrogen and oxygen atoms in total. The van der Waals surface area contributed by atoms with Gasteiger partial charge < -0.3 is 5.32 Å². The molecule has 1 heterocycles. The van der Waals surface area contributed by atoms with Gasteiger partial charge in [0.1, 0.15) is 0 Å². The van der Waals surface area contributed by atoms with Gasteiger partial charge in [0.25, 0.3) is 5.91 Å². The van der Waals surface area contributed by atoms with Gasteiger partial charge in [-0.1, -0.05) is 30.3 Å². The molecule has 0 saturated heterocycles. The third-order valence-electron chi connectivity index (χ3n) is 2.92. The number of nitrogens with one attached hydrogen (secondary N) is 3. The highest BCUT2D eigenvalue weighted by Gasteiger charge is 2.11. The third kappa shape index (κ3) is 3.56. The Morgan fingerprint density at radius 1 is 1.00 bits per heavy atom. The normalized spacial score (nSPS) is 9.81. The van der Waals surface area contributed by atoms with E-state index in [1.54, 1.807) is 19.1 Å². The van der Waals surface area contributed by atoms with Crippen LogP contribution in [0.3, 0.4) is 0 Å². The van der Waals surface area contributed by atoms with Crippen molar-refractivity contribution in [1.29, 1.82) is 0 Å². The summed E-state index contributed by atoms with van der Waals surface area (Å²) < 4.78 is 0. The molecule has 6 heteroatoms. The van der Waals surface area contributed by atoms with Crippen LogP contribution in [0.25, 0.3) is 11.3 Å². The van der Waals surface area contributed by atoms with E-state index in [0.717, 1.165) is 11.3 Å². The van der Waals surface area contributed by atoms with Crippen molar-refractivity contribution in [1.82, 2.24) is 21.2 Å². The van der Waals surface area contributed by atoms with E-state index in [4.69, 9.17) is 0 Å². The largest absolute Gasteiger partial charge is 0.340 e. The first-order valence-electron chi connectivity index (χ1n) is 6.43. The van der Waals surface area contributed by atoms with Crippen LogP contribution in [0.1, 0.15) is 16.1 Å². The number of aryl methyl sites for hydroxylation is 1. The van der Waals surface area contributed by atoms with E-state index in [2.05, 4.69) is 21.2 Å². The Morgan fingerprint density at radius 3 is 2.33 bits per heavy atom. The number of hydrogen-bond acceptors (Lipinski definition) is 3. The second kappa shape index (κ2) is 6.51. The van der Waals surface area contributed by atoms with E-state index >= 15 is 0 Å². The molecule has 0 fully saturated rings. The molecule has 2 aromatic rings. The van der Waals surface area contributed by atoms with Gasteiger partial charge in [0.2, 0.25) is 0 Å². The maximum Gasteiger partial charge on any atom is 0.333 e. The molecule has 108 valence electrons. The van der Waals surface area contributed by atoms with Gasteiger partial charge in [-0.15, -0.1) is 0 Å². The molecule has 0 spiro atoms. The molecule has 1 aromatic carbocycles. The minimum atomic E-state index is -0.491. The molecule has 2 rings (SSSR count). The summed E-state index contributed by atoms with van der Waals surface area (Å²) in [5, 5.41) is 2.34. The summed E-state index contributed by atoms with van der Waals surface area (Å²) in [6.45, 7) is 1.75. The molecule has 3 N–H and O–H groups in total. The average molecular weight is 284 g/mol. The van der Waals surface area contributed by atoms with Crippen molar-refractivity contribution in [2.75, 3.05) is 7.05 Å².